The molecule has 5 rings (SSSR count). The van der Waals surface area contributed by atoms with E-state index in [2.05, 4.69) is 16.7 Å². The maximum atomic E-state index is 12.5. The van der Waals surface area contributed by atoms with Crippen LogP contribution in [0.1, 0.15) is 49.4 Å². The number of hydrogen-bond donors (Lipinski definition) is 1. The molecule has 2 aromatic heterocycles. The normalized spacial score (nSPS) is 28.3. The Labute approximate surface area is 129 Å². The third-order valence-corrected chi connectivity index (χ3v) is 5.30. The molecular weight excluding hydrogens is 276 g/mol. The number of imidazole rings is 1. The quantitative estimate of drug-likeness (QED) is 0.944. The number of hydrogen-bond acceptors (Lipinski definition) is 3. The number of carbonyl (C=O) groups is 1. The minimum atomic E-state index is -0.0974. The highest BCUT2D eigenvalue weighted by molar-refractivity contribution is 6.02. The van der Waals surface area contributed by atoms with Crippen LogP contribution >= 0.6 is 0 Å². The van der Waals surface area contributed by atoms with E-state index in [0.717, 1.165) is 30.0 Å². The van der Waals surface area contributed by atoms with Crippen LogP contribution in [0.25, 0.3) is 5.65 Å². The number of nitrogens with zero attached hydrogens (tertiary/aromatic N) is 3. The van der Waals surface area contributed by atoms with E-state index in [1.165, 1.54) is 18.4 Å². The Bertz CT molecular complexity index is 789. The van der Waals surface area contributed by atoms with Gasteiger partial charge in [0.05, 0.1) is 11.4 Å². The van der Waals surface area contributed by atoms with Crippen molar-refractivity contribution in [2.45, 2.75) is 38.1 Å². The predicted octanol–water partition coefficient (Wildman–Crippen LogP) is 2.21. The summed E-state index contributed by atoms with van der Waals surface area (Å²) in [6.07, 6.45) is 7.75. The molecule has 22 heavy (non-hydrogen) atoms. The number of fused-ring (bicyclic) bond motifs is 2. The Morgan fingerprint density at radius 2 is 2.18 bits per heavy atom. The van der Waals surface area contributed by atoms with Gasteiger partial charge < -0.3 is 15.0 Å². The molecule has 1 amide bonds. The summed E-state index contributed by atoms with van der Waals surface area (Å²) in [5.41, 5.74) is 10.0. The molecule has 1 aliphatic heterocycles. The van der Waals surface area contributed by atoms with Crippen LogP contribution in [-0.2, 0) is 4.79 Å². The van der Waals surface area contributed by atoms with Crippen LogP contribution in [0, 0.1) is 11.8 Å². The first-order chi connectivity index (χ1) is 10.6. The molecule has 3 aliphatic rings. The summed E-state index contributed by atoms with van der Waals surface area (Å²) in [5.74, 6) is 1.77. The standard InChI is InChI=1S/C17H20N4O/c1-9(18)14-8-20-6-11(10-2-3-10)5-15(16(20)19-14)21-7-12-4-13(12)17(21)22/h5-6,8-10,12-13H,2-4,7,18H2,1H3/t9-,12?,13?/m1/s1. The van der Waals surface area contributed by atoms with Gasteiger partial charge in [0.15, 0.2) is 5.65 Å². The number of nitrogens with two attached hydrogens (primary N) is 1. The van der Waals surface area contributed by atoms with E-state index >= 15 is 0 Å². The molecule has 2 aliphatic carbocycles. The van der Waals surface area contributed by atoms with E-state index < -0.39 is 0 Å². The molecule has 5 nitrogen and oxygen atoms in total. The summed E-state index contributed by atoms with van der Waals surface area (Å²) < 4.78 is 2.07. The second kappa shape index (κ2) is 4.10. The van der Waals surface area contributed by atoms with Crippen molar-refractivity contribution in [1.29, 1.82) is 0 Å². The Balaban J connectivity index is 1.68. The van der Waals surface area contributed by atoms with Crippen molar-refractivity contribution in [3.63, 3.8) is 0 Å². The molecule has 0 bridgehead atoms. The lowest BCUT2D eigenvalue weighted by Gasteiger charge is -2.20. The van der Waals surface area contributed by atoms with Gasteiger partial charge >= 0.3 is 0 Å². The van der Waals surface area contributed by atoms with Crippen LogP contribution in [-0.4, -0.2) is 21.8 Å². The molecule has 3 fully saturated rings. The van der Waals surface area contributed by atoms with Gasteiger partial charge in [-0.15, -0.1) is 0 Å². The van der Waals surface area contributed by atoms with Crippen LogP contribution < -0.4 is 10.6 Å². The third kappa shape index (κ3) is 1.75. The molecule has 3 heterocycles. The van der Waals surface area contributed by atoms with Gasteiger partial charge in [0, 0.05) is 30.9 Å². The van der Waals surface area contributed by atoms with E-state index in [-0.39, 0.29) is 17.9 Å². The van der Waals surface area contributed by atoms with E-state index in [9.17, 15) is 4.79 Å². The maximum Gasteiger partial charge on any atom is 0.230 e. The summed E-state index contributed by atoms with van der Waals surface area (Å²) in [5, 5.41) is 0. The monoisotopic (exact) mass is 296 g/mol. The minimum Gasteiger partial charge on any atom is -0.323 e. The lowest BCUT2D eigenvalue weighted by atomic mass is 10.1. The van der Waals surface area contributed by atoms with Crippen LogP contribution in [0.15, 0.2) is 18.5 Å². The molecule has 2 N–H and O–H groups in total. The summed E-state index contributed by atoms with van der Waals surface area (Å²) >= 11 is 0. The Kier molecular flexibility index (Phi) is 2.36. The van der Waals surface area contributed by atoms with Gasteiger partial charge in [-0.2, -0.15) is 0 Å². The van der Waals surface area contributed by atoms with Crippen molar-refractivity contribution >= 4 is 17.2 Å². The summed E-state index contributed by atoms with van der Waals surface area (Å²) in [4.78, 5) is 19.1. The Morgan fingerprint density at radius 1 is 1.36 bits per heavy atom. The minimum absolute atomic E-state index is 0.0974. The number of aromatic nitrogens is 2. The zero-order valence-electron chi connectivity index (χ0n) is 12.7. The molecule has 2 aromatic rings. The molecule has 3 atom stereocenters. The van der Waals surface area contributed by atoms with Crippen molar-refractivity contribution in [2.24, 2.45) is 17.6 Å². The molecule has 0 radical (unpaired) electrons. The fraction of sp³-hybridized carbons (Fsp3) is 0.529. The lowest BCUT2D eigenvalue weighted by molar-refractivity contribution is -0.118. The van der Waals surface area contributed by atoms with Crippen LogP contribution in [0.5, 0.6) is 0 Å². The van der Waals surface area contributed by atoms with Crippen molar-refractivity contribution in [2.75, 3.05) is 11.4 Å². The molecule has 0 spiro atoms. The number of anilines is 1. The first kappa shape index (κ1) is 12.6. The van der Waals surface area contributed by atoms with E-state index in [0.29, 0.717) is 11.8 Å². The lowest BCUT2D eigenvalue weighted by Crippen LogP contribution is -2.28. The van der Waals surface area contributed by atoms with E-state index in [4.69, 9.17) is 10.7 Å². The molecule has 5 heteroatoms. The molecule has 2 unspecified atom stereocenters. The maximum absolute atomic E-state index is 12.5. The van der Waals surface area contributed by atoms with Gasteiger partial charge in [0.25, 0.3) is 0 Å². The van der Waals surface area contributed by atoms with E-state index in [1.54, 1.807) is 0 Å². The fourth-order valence-corrected chi connectivity index (χ4v) is 3.67. The highest BCUT2D eigenvalue weighted by Crippen LogP contribution is 2.49. The third-order valence-electron chi connectivity index (χ3n) is 5.30. The van der Waals surface area contributed by atoms with Gasteiger partial charge in [-0.3, -0.25) is 4.79 Å². The second-order valence-electron chi connectivity index (χ2n) is 7.17. The van der Waals surface area contributed by atoms with Gasteiger partial charge in [-0.25, -0.2) is 4.98 Å². The largest absolute Gasteiger partial charge is 0.323 e. The van der Waals surface area contributed by atoms with Gasteiger partial charge in [-0.05, 0) is 49.7 Å². The average Bonchev–Trinajstić information content (AvgIpc) is 3.39. The van der Waals surface area contributed by atoms with Crippen LogP contribution in [0.3, 0.4) is 0 Å². The van der Waals surface area contributed by atoms with Crippen molar-refractivity contribution in [3.05, 3.63) is 29.7 Å². The SMILES string of the molecule is C[C@@H](N)c1cn2cc(C3CC3)cc(N3CC4CC4C3=O)c2n1. The van der Waals surface area contributed by atoms with Crippen molar-refractivity contribution < 1.29 is 4.79 Å². The molecule has 114 valence electrons. The second-order valence-corrected chi connectivity index (χ2v) is 7.17. The number of pyridine rings is 1. The van der Waals surface area contributed by atoms with Gasteiger partial charge in [0.2, 0.25) is 5.91 Å². The first-order valence-electron chi connectivity index (χ1n) is 8.21. The van der Waals surface area contributed by atoms with Crippen LogP contribution in [0.2, 0.25) is 0 Å². The summed E-state index contributed by atoms with van der Waals surface area (Å²) in [6, 6.07) is 2.09. The first-order valence-corrected chi connectivity index (χ1v) is 8.21. The van der Waals surface area contributed by atoms with Crippen LogP contribution in [0.4, 0.5) is 5.69 Å². The molecule has 0 aromatic carbocycles. The number of piperidine rings is 1. The van der Waals surface area contributed by atoms with Gasteiger partial charge in [0.1, 0.15) is 0 Å². The van der Waals surface area contributed by atoms with Crippen molar-refractivity contribution in [3.8, 4) is 0 Å². The summed E-state index contributed by atoms with van der Waals surface area (Å²) in [6.45, 7) is 2.80. The number of carbonyl (C=O) groups excluding carboxylic acids is 1. The zero-order chi connectivity index (χ0) is 15.0. The Morgan fingerprint density at radius 3 is 2.82 bits per heavy atom. The Hall–Kier alpha value is -1.88. The van der Waals surface area contributed by atoms with E-state index in [1.807, 2.05) is 18.0 Å². The topological polar surface area (TPSA) is 63.6 Å². The molecule has 1 saturated heterocycles. The molecule has 2 saturated carbocycles. The fourth-order valence-electron chi connectivity index (χ4n) is 3.67. The predicted molar refractivity (Wildman–Crippen MR) is 83.7 cm³/mol. The highest BCUT2D eigenvalue weighted by atomic mass is 16.2. The average molecular weight is 296 g/mol. The zero-order valence-corrected chi connectivity index (χ0v) is 12.7. The molecular formula is C17H20N4O. The summed E-state index contributed by atoms with van der Waals surface area (Å²) in [7, 11) is 0. The van der Waals surface area contributed by atoms with Gasteiger partial charge in [-0.1, -0.05) is 0 Å². The highest BCUT2D eigenvalue weighted by Gasteiger charge is 2.53. The number of amides is 1. The number of rotatable bonds is 3. The van der Waals surface area contributed by atoms with Crippen molar-refractivity contribution in [1.82, 2.24) is 9.38 Å². The smallest absolute Gasteiger partial charge is 0.230 e.